The highest BCUT2D eigenvalue weighted by molar-refractivity contribution is 5.15. The van der Waals surface area contributed by atoms with Gasteiger partial charge >= 0.3 is 0 Å². The second-order valence-electron chi connectivity index (χ2n) is 3.06. The van der Waals surface area contributed by atoms with Crippen LogP contribution in [-0.2, 0) is 0 Å². The van der Waals surface area contributed by atoms with E-state index in [0.29, 0.717) is 5.92 Å². The Balaban J connectivity index is 4.22. The smallest absolute Gasteiger partial charge is 0.0133 e. The molecule has 12 heavy (non-hydrogen) atoms. The van der Waals surface area contributed by atoms with Crippen LogP contribution in [0.5, 0.6) is 0 Å². The quantitative estimate of drug-likeness (QED) is 0.423. The van der Waals surface area contributed by atoms with Gasteiger partial charge in [-0.1, -0.05) is 50.3 Å². The van der Waals surface area contributed by atoms with Gasteiger partial charge in [0.1, 0.15) is 0 Å². The lowest BCUT2D eigenvalue weighted by atomic mass is 9.95. The Hall–Kier alpha value is -0.780. The van der Waals surface area contributed by atoms with Crippen LogP contribution in [0.25, 0.3) is 0 Å². The first kappa shape index (κ1) is 11.2. The Bertz CT molecular complexity index is 172. The van der Waals surface area contributed by atoms with E-state index in [1.165, 1.54) is 12.0 Å². The zero-order chi connectivity index (χ0) is 9.40. The van der Waals surface area contributed by atoms with Gasteiger partial charge in [-0.3, -0.25) is 0 Å². The Kier molecular flexibility index (Phi) is 6.45. The lowest BCUT2D eigenvalue weighted by Crippen LogP contribution is -1.96. The number of allylic oxidation sites excluding steroid dienone is 5. The SMILES string of the molecule is C=C/C=C(\C/C=C\C)C(C)CC. The summed E-state index contributed by atoms with van der Waals surface area (Å²) in [6, 6.07) is 0. The zero-order valence-electron chi connectivity index (χ0n) is 8.51. The number of hydrogen-bond donors (Lipinski definition) is 0. The predicted octanol–water partition coefficient (Wildman–Crippen LogP) is 4.11. The molecule has 68 valence electrons. The van der Waals surface area contributed by atoms with E-state index in [0.717, 1.165) is 6.42 Å². The predicted molar refractivity (Wildman–Crippen MR) is 57.2 cm³/mol. The van der Waals surface area contributed by atoms with Gasteiger partial charge in [0.2, 0.25) is 0 Å². The maximum Gasteiger partial charge on any atom is -0.0133 e. The Morgan fingerprint density at radius 1 is 1.50 bits per heavy atom. The topological polar surface area (TPSA) is 0 Å². The third-order valence-electron chi connectivity index (χ3n) is 2.17. The fraction of sp³-hybridized carbons (Fsp3) is 0.500. The van der Waals surface area contributed by atoms with Gasteiger partial charge < -0.3 is 0 Å². The zero-order valence-corrected chi connectivity index (χ0v) is 8.51. The summed E-state index contributed by atoms with van der Waals surface area (Å²) >= 11 is 0. The lowest BCUT2D eigenvalue weighted by molar-refractivity contribution is 0.642. The molecule has 0 heteroatoms. The van der Waals surface area contributed by atoms with Gasteiger partial charge in [-0.15, -0.1) is 0 Å². The molecule has 0 heterocycles. The molecule has 0 aromatic rings. The molecule has 0 bridgehead atoms. The molecule has 1 unspecified atom stereocenters. The van der Waals surface area contributed by atoms with Crippen molar-refractivity contribution in [1.82, 2.24) is 0 Å². The highest BCUT2D eigenvalue weighted by Gasteiger charge is 2.02. The molecule has 0 saturated heterocycles. The molecular weight excluding hydrogens is 144 g/mol. The maximum atomic E-state index is 3.72. The molecule has 0 spiro atoms. The monoisotopic (exact) mass is 164 g/mol. The summed E-state index contributed by atoms with van der Waals surface area (Å²) < 4.78 is 0. The van der Waals surface area contributed by atoms with Crippen LogP contribution in [0.15, 0.2) is 36.5 Å². The molecule has 0 aliphatic heterocycles. The van der Waals surface area contributed by atoms with E-state index in [-0.39, 0.29) is 0 Å². The van der Waals surface area contributed by atoms with Gasteiger partial charge in [-0.25, -0.2) is 0 Å². The average molecular weight is 164 g/mol. The summed E-state index contributed by atoms with van der Waals surface area (Å²) in [7, 11) is 0. The van der Waals surface area contributed by atoms with Crippen LogP contribution in [0.4, 0.5) is 0 Å². The summed E-state index contributed by atoms with van der Waals surface area (Å²) in [6.07, 6.45) is 10.6. The first-order valence-electron chi connectivity index (χ1n) is 4.68. The fourth-order valence-corrected chi connectivity index (χ4v) is 1.10. The molecule has 0 rings (SSSR count). The van der Waals surface area contributed by atoms with Crippen molar-refractivity contribution in [2.24, 2.45) is 5.92 Å². The minimum Gasteiger partial charge on any atom is -0.0991 e. The Labute approximate surface area is 76.7 Å². The van der Waals surface area contributed by atoms with Gasteiger partial charge in [0.25, 0.3) is 0 Å². The minimum absolute atomic E-state index is 0.680. The summed E-state index contributed by atoms with van der Waals surface area (Å²) in [5.41, 5.74) is 1.48. The van der Waals surface area contributed by atoms with Gasteiger partial charge in [0.05, 0.1) is 0 Å². The molecule has 1 atom stereocenters. The van der Waals surface area contributed by atoms with Crippen molar-refractivity contribution in [3.05, 3.63) is 36.5 Å². The fourth-order valence-electron chi connectivity index (χ4n) is 1.10. The van der Waals surface area contributed by atoms with E-state index < -0.39 is 0 Å². The van der Waals surface area contributed by atoms with Gasteiger partial charge in [-0.2, -0.15) is 0 Å². The first-order chi connectivity index (χ1) is 5.76. The Morgan fingerprint density at radius 3 is 2.58 bits per heavy atom. The van der Waals surface area contributed by atoms with Crippen molar-refractivity contribution in [3.8, 4) is 0 Å². The van der Waals surface area contributed by atoms with E-state index in [2.05, 4.69) is 45.6 Å². The molecule has 0 saturated carbocycles. The van der Waals surface area contributed by atoms with E-state index in [9.17, 15) is 0 Å². The second kappa shape index (κ2) is 6.90. The van der Waals surface area contributed by atoms with Crippen LogP contribution in [0.3, 0.4) is 0 Å². The molecule has 0 nitrogen and oxygen atoms in total. The lowest BCUT2D eigenvalue weighted by Gasteiger charge is -2.11. The molecule has 0 amide bonds. The number of hydrogen-bond acceptors (Lipinski definition) is 0. The average Bonchev–Trinajstić information content (AvgIpc) is 2.11. The highest BCUT2D eigenvalue weighted by Crippen LogP contribution is 2.18. The summed E-state index contributed by atoms with van der Waals surface area (Å²) in [5, 5.41) is 0. The standard InChI is InChI=1S/C12H20/c1-5-8-10-12(9-6-2)11(4)7-3/h5-6,8-9,11H,2,7,10H2,1,3-4H3/b8-5-,12-9+. The van der Waals surface area contributed by atoms with Crippen LogP contribution in [0.1, 0.15) is 33.6 Å². The summed E-state index contributed by atoms with van der Waals surface area (Å²) in [4.78, 5) is 0. The van der Waals surface area contributed by atoms with Crippen LogP contribution >= 0.6 is 0 Å². The van der Waals surface area contributed by atoms with Crippen LogP contribution in [-0.4, -0.2) is 0 Å². The van der Waals surface area contributed by atoms with E-state index >= 15 is 0 Å². The summed E-state index contributed by atoms with van der Waals surface area (Å²) in [6.45, 7) is 10.3. The third-order valence-corrected chi connectivity index (χ3v) is 2.17. The van der Waals surface area contributed by atoms with Crippen molar-refractivity contribution in [2.45, 2.75) is 33.6 Å². The van der Waals surface area contributed by atoms with E-state index in [4.69, 9.17) is 0 Å². The van der Waals surface area contributed by atoms with Crippen molar-refractivity contribution < 1.29 is 0 Å². The van der Waals surface area contributed by atoms with Crippen LogP contribution < -0.4 is 0 Å². The van der Waals surface area contributed by atoms with E-state index in [1.807, 2.05) is 6.08 Å². The maximum absolute atomic E-state index is 3.72. The van der Waals surface area contributed by atoms with Crippen molar-refractivity contribution in [1.29, 1.82) is 0 Å². The molecule has 0 N–H and O–H groups in total. The molecule has 0 aliphatic carbocycles. The first-order valence-corrected chi connectivity index (χ1v) is 4.68. The molecule has 0 aromatic heterocycles. The highest BCUT2D eigenvalue weighted by atomic mass is 14.1. The van der Waals surface area contributed by atoms with E-state index in [1.54, 1.807) is 0 Å². The van der Waals surface area contributed by atoms with Crippen LogP contribution in [0, 0.1) is 5.92 Å². The second-order valence-corrected chi connectivity index (χ2v) is 3.06. The summed E-state index contributed by atoms with van der Waals surface area (Å²) in [5.74, 6) is 0.680. The Morgan fingerprint density at radius 2 is 2.17 bits per heavy atom. The van der Waals surface area contributed by atoms with Gasteiger partial charge in [0, 0.05) is 0 Å². The van der Waals surface area contributed by atoms with Gasteiger partial charge in [-0.05, 0) is 25.7 Å². The van der Waals surface area contributed by atoms with Gasteiger partial charge in [0.15, 0.2) is 0 Å². The van der Waals surface area contributed by atoms with Crippen molar-refractivity contribution >= 4 is 0 Å². The normalized spacial score (nSPS) is 15.1. The largest absolute Gasteiger partial charge is 0.0991 e. The minimum atomic E-state index is 0.680. The molecule has 0 aliphatic rings. The number of rotatable bonds is 5. The molecule has 0 radical (unpaired) electrons. The molecule has 0 aromatic carbocycles. The van der Waals surface area contributed by atoms with Crippen molar-refractivity contribution in [3.63, 3.8) is 0 Å². The van der Waals surface area contributed by atoms with Crippen molar-refractivity contribution in [2.75, 3.05) is 0 Å². The van der Waals surface area contributed by atoms with Crippen LogP contribution in [0.2, 0.25) is 0 Å². The molecular formula is C12H20. The third kappa shape index (κ3) is 4.17. The molecule has 0 fully saturated rings.